The van der Waals surface area contributed by atoms with Gasteiger partial charge < -0.3 is 9.13 Å². The molecule has 16 rings (SSSR count). The summed E-state index contributed by atoms with van der Waals surface area (Å²) < 4.78 is 5.04. The first-order valence-corrected chi connectivity index (χ1v) is 29.1. The molecule has 0 saturated heterocycles. The monoisotopic (exact) mass is 1080 g/mol. The van der Waals surface area contributed by atoms with E-state index in [2.05, 4.69) is 208 Å². The number of para-hydroxylation sites is 2. The highest BCUT2D eigenvalue weighted by molar-refractivity contribution is 6.14. The molecule has 8 nitrogen and oxygen atoms in total. The fourth-order valence-electron chi connectivity index (χ4n) is 13.6. The number of benzene rings is 10. The molecule has 0 radical (unpaired) electrons. The lowest BCUT2D eigenvalue weighted by molar-refractivity contribution is 0.526. The second-order valence-corrected chi connectivity index (χ2v) is 24.5. The Morgan fingerprint density at radius 1 is 0.333 bits per heavy atom. The quantitative estimate of drug-likeness (QED) is 0.151. The summed E-state index contributed by atoms with van der Waals surface area (Å²) in [4.78, 5) is 31.0. The molecular formula is C76H58N8. The largest absolute Gasteiger partial charge is 0.309 e. The summed E-state index contributed by atoms with van der Waals surface area (Å²) in [6, 6.07) is 82.4. The van der Waals surface area contributed by atoms with E-state index in [-0.39, 0.29) is 10.8 Å². The molecule has 0 fully saturated rings. The van der Waals surface area contributed by atoms with Crippen LogP contribution in [0.15, 0.2) is 231 Å². The summed E-state index contributed by atoms with van der Waals surface area (Å²) in [5, 5.41) is 4.71. The van der Waals surface area contributed by atoms with Crippen LogP contribution in [0.4, 0.5) is 0 Å². The molecule has 6 heterocycles. The minimum absolute atomic E-state index is 0.226. The highest BCUT2D eigenvalue weighted by atomic mass is 15.1. The van der Waals surface area contributed by atoms with Gasteiger partial charge in [-0.25, -0.2) is 29.9 Å². The van der Waals surface area contributed by atoms with E-state index in [4.69, 9.17) is 29.9 Å². The third-order valence-corrected chi connectivity index (χ3v) is 18.2. The zero-order valence-corrected chi connectivity index (χ0v) is 47.7. The summed E-state index contributed by atoms with van der Waals surface area (Å²) >= 11 is 0. The fourth-order valence-corrected chi connectivity index (χ4v) is 13.6. The molecule has 2 aliphatic rings. The molecule has 0 aliphatic carbocycles. The fraction of sp³-hybridized carbons (Fsp3) is 0.132. The Kier molecular flexibility index (Phi) is 10.9. The van der Waals surface area contributed by atoms with Crippen molar-refractivity contribution in [1.82, 2.24) is 39.0 Å². The maximum atomic E-state index is 5.22. The van der Waals surface area contributed by atoms with Crippen LogP contribution in [-0.2, 0) is 22.7 Å². The molecule has 0 bridgehead atoms. The molecule has 14 aromatic rings. The molecule has 10 aromatic carbocycles. The molecule has 8 heteroatoms. The predicted octanol–water partition coefficient (Wildman–Crippen LogP) is 18.1. The first kappa shape index (κ1) is 49.6. The van der Waals surface area contributed by atoms with Crippen LogP contribution in [0.25, 0.3) is 123 Å². The first-order valence-electron chi connectivity index (χ1n) is 29.1. The van der Waals surface area contributed by atoms with Crippen molar-refractivity contribution in [2.24, 2.45) is 0 Å². The predicted molar refractivity (Wildman–Crippen MR) is 342 cm³/mol. The standard InChI is InChI=1S/C76H58N8/c1-74(2)45-52-31-19-21-33-62(52)83-63-37-35-50(72-79-68(46-23-11-7-12-24-46)77-69(80-72)47-25-13-8-14-26-47)39-55(63)57-41-53(43-60(74)66(57)83)75(3,4)54-42-58-56-40-51(36-38-64(56)84-65-34-22-20-32-59(65)76(5,6)61(44-54)67(58)84)73-81-70(48-27-15-9-16-28-48)78-71(82-73)49-29-17-10-18-30-49/h7-44H,45H2,1-6H3. The van der Waals surface area contributed by atoms with Gasteiger partial charge in [0.2, 0.25) is 0 Å². The molecule has 0 unspecified atom stereocenters. The van der Waals surface area contributed by atoms with Crippen LogP contribution in [0.1, 0.15) is 74.9 Å². The van der Waals surface area contributed by atoms with Gasteiger partial charge in [-0.3, -0.25) is 0 Å². The summed E-state index contributed by atoms with van der Waals surface area (Å²) in [6.07, 6.45) is 0.894. The number of hydrogen-bond acceptors (Lipinski definition) is 6. The van der Waals surface area contributed by atoms with Gasteiger partial charge in [0.25, 0.3) is 0 Å². The Morgan fingerprint density at radius 2 is 0.702 bits per heavy atom. The molecule has 0 saturated carbocycles. The minimum atomic E-state index is -0.484. The number of hydrogen-bond donors (Lipinski definition) is 0. The number of rotatable bonds is 8. The summed E-state index contributed by atoms with van der Waals surface area (Å²) in [5.41, 5.74) is 19.5. The molecule has 2 aliphatic heterocycles. The molecule has 0 atom stereocenters. The summed E-state index contributed by atoms with van der Waals surface area (Å²) in [5.74, 6) is 3.82. The molecule has 402 valence electrons. The molecule has 0 amide bonds. The topological polar surface area (TPSA) is 87.2 Å². The van der Waals surface area contributed by atoms with Crippen molar-refractivity contribution < 1.29 is 0 Å². The van der Waals surface area contributed by atoms with Gasteiger partial charge in [0, 0.05) is 71.4 Å². The molecular weight excluding hydrogens is 1020 g/mol. The second kappa shape index (κ2) is 18.4. The van der Waals surface area contributed by atoms with Gasteiger partial charge in [-0.1, -0.05) is 211 Å². The van der Waals surface area contributed by atoms with E-state index in [1.807, 2.05) is 72.8 Å². The Balaban J connectivity index is 0.926. The summed E-state index contributed by atoms with van der Waals surface area (Å²) in [7, 11) is 0. The number of fused-ring (bicyclic) bond motifs is 10. The second-order valence-electron chi connectivity index (χ2n) is 24.5. The number of nitrogens with zero attached hydrogens (tertiary/aromatic N) is 8. The average Bonchev–Trinajstić information content (AvgIpc) is 1.72. The number of aromatic nitrogens is 8. The van der Waals surface area contributed by atoms with Crippen molar-refractivity contribution in [2.75, 3.05) is 0 Å². The van der Waals surface area contributed by atoms with E-state index in [1.165, 1.54) is 66.6 Å². The van der Waals surface area contributed by atoms with E-state index in [9.17, 15) is 0 Å². The maximum absolute atomic E-state index is 5.22. The molecule has 0 spiro atoms. The lowest BCUT2D eigenvalue weighted by Crippen LogP contribution is -2.28. The zero-order chi connectivity index (χ0) is 56.6. The van der Waals surface area contributed by atoms with Crippen LogP contribution in [0.5, 0.6) is 0 Å². The van der Waals surface area contributed by atoms with Crippen LogP contribution in [0, 0.1) is 0 Å². The van der Waals surface area contributed by atoms with Gasteiger partial charge in [0.05, 0.1) is 27.8 Å². The minimum Gasteiger partial charge on any atom is -0.309 e. The lowest BCUT2D eigenvalue weighted by Gasteiger charge is -2.37. The molecule has 0 N–H and O–H groups in total. The van der Waals surface area contributed by atoms with Crippen molar-refractivity contribution in [1.29, 1.82) is 0 Å². The van der Waals surface area contributed by atoms with Crippen molar-refractivity contribution in [2.45, 2.75) is 64.2 Å². The van der Waals surface area contributed by atoms with Gasteiger partial charge >= 0.3 is 0 Å². The SMILES string of the molecule is CC1(C)Cc2ccccc2-n2c3ccc(-c4nc(-c5ccccc5)nc(-c5ccccc5)n4)cc3c3cc(C(C)(C)c4cc5c6c(c4)c4cc(-c7nc(-c8ccccc8)nc(-c8ccccc8)n7)ccc4n6-c4ccccc4C5(C)C)cc1c32. The first-order chi connectivity index (χ1) is 40.9. The highest BCUT2D eigenvalue weighted by Crippen LogP contribution is 2.52. The Bertz CT molecular complexity index is 4880. The third-order valence-electron chi connectivity index (χ3n) is 18.2. The third kappa shape index (κ3) is 7.66. The van der Waals surface area contributed by atoms with E-state index in [1.54, 1.807) is 0 Å². The van der Waals surface area contributed by atoms with Crippen molar-refractivity contribution in [3.63, 3.8) is 0 Å². The average molecular weight is 1080 g/mol. The van der Waals surface area contributed by atoms with E-state index >= 15 is 0 Å². The van der Waals surface area contributed by atoms with Crippen LogP contribution < -0.4 is 0 Å². The maximum Gasteiger partial charge on any atom is 0.164 e. The normalized spacial score (nSPS) is 14.0. The Hall–Kier alpha value is -10.2. The Morgan fingerprint density at radius 3 is 1.17 bits per heavy atom. The smallest absolute Gasteiger partial charge is 0.164 e. The van der Waals surface area contributed by atoms with Crippen LogP contribution >= 0.6 is 0 Å². The molecule has 4 aromatic heterocycles. The van der Waals surface area contributed by atoms with Crippen LogP contribution in [0.2, 0.25) is 0 Å². The highest BCUT2D eigenvalue weighted by Gasteiger charge is 2.39. The summed E-state index contributed by atoms with van der Waals surface area (Å²) in [6.45, 7) is 14.5. The zero-order valence-electron chi connectivity index (χ0n) is 47.7. The van der Waals surface area contributed by atoms with Crippen LogP contribution in [-0.4, -0.2) is 39.0 Å². The van der Waals surface area contributed by atoms with Gasteiger partial charge in [-0.15, -0.1) is 0 Å². The van der Waals surface area contributed by atoms with Crippen molar-refractivity contribution in [3.8, 4) is 79.7 Å². The molecule has 84 heavy (non-hydrogen) atoms. The van der Waals surface area contributed by atoms with E-state index in [0.717, 1.165) is 61.6 Å². The van der Waals surface area contributed by atoms with Gasteiger partial charge in [-0.2, -0.15) is 0 Å². The lowest BCUT2D eigenvalue weighted by atomic mass is 9.70. The Labute approximate surface area is 487 Å². The van der Waals surface area contributed by atoms with Gasteiger partial charge in [-0.05, 0) is 106 Å². The van der Waals surface area contributed by atoms with E-state index < -0.39 is 5.41 Å². The van der Waals surface area contributed by atoms with Gasteiger partial charge in [0.15, 0.2) is 34.9 Å². The van der Waals surface area contributed by atoms with Crippen molar-refractivity contribution >= 4 is 43.6 Å². The van der Waals surface area contributed by atoms with Gasteiger partial charge in [0.1, 0.15) is 0 Å². The van der Waals surface area contributed by atoms with Crippen LogP contribution in [0.3, 0.4) is 0 Å². The van der Waals surface area contributed by atoms with Crippen molar-refractivity contribution in [3.05, 3.63) is 264 Å². The van der Waals surface area contributed by atoms with E-state index in [0.29, 0.717) is 34.9 Å².